The molecule has 1 heterocycles. The van der Waals surface area contributed by atoms with E-state index < -0.39 is 5.41 Å². The average Bonchev–Trinajstić information content (AvgIpc) is 2.80. The largest absolute Gasteiger partial charge is 0.295 e. The van der Waals surface area contributed by atoms with Crippen LogP contribution < -0.4 is 0 Å². The number of rotatable bonds is 6. The van der Waals surface area contributed by atoms with E-state index in [0.717, 1.165) is 43.6 Å². The van der Waals surface area contributed by atoms with Gasteiger partial charge in [-0.3, -0.25) is 4.90 Å². The minimum absolute atomic E-state index is 0.643. The Kier molecular flexibility index (Phi) is 5.89. The van der Waals surface area contributed by atoms with Crippen LogP contribution in [0.1, 0.15) is 29.5 Å². The first-order valence-corrected chi connectivity index (χ1v) is 10.3. The molecular weight excluding hydrogens is 352 g/mol. The molecule has 0 N–H and O–H groups in total. The molecular formula is C27H26N2. The molecule has 0 unspecified atom stereocenters. The van der Waals surface area contributed by atoms with Gasteiger partial charge >= 0.3 is 0 Å². The fraction of sp³-hybridized carbons (Fsp3) is 0.222. The smallest absolute Gasteiger partial charge is 0.111 e. The molecule has 0 radical (unpaired) electrons. The summed E-state index contributed by atoms with van der Waals surface area (Å²) in [7, 11) is 0. The first kappa shape index (κ1) is 19.2. The molecule has 0 fully saturated rings. The minimum Gasteiger partial charge on any atom is -0.295 e. The van der Waals surface area contributed by atoms with E-state index in [4.69, 9.17) is 0 Å². The summed E-state index contributed by atoms with van der Waals surface area (Å²) in [5.41, 5.74) is 4.23. The van der Waals surface area contributed by atoms with E-state index in [1.807, 2.05) is 36.4 Å². The van der Waals surface area contributed by atoms with Crippen molar-refractivity contribution >= 4 is 0 Å². The van der Waals surface area contributed by atoms with Gasteiger partial charge in [-0.1, -0.05) is 103 Å². The van der Waals surface area contributed by atoms with Crippen molar-refractivity contribution in [2.75, 3.05) is 13.1 Å². The van der Waals surface area contributed by atoms with E-state index in [1.54, 1.807) is 0 Å². The van der Waals surface area contributed by atoms with Crippen LogP contribution in [0.15, 0.2) is 103 Å². The van der Waals surface area contributed by atoms with Gasteiger partial charge < -0.3 is 0 Å². The Labute approximate surface area is 173 Å². The van der Waals surface area contributed by atoms with Crippen LogP contribution in [0.2, 0.25) is 0 Å². The highest BCUT2D eigenvalue weighted by molar-refractivity contribution is 5.47. The molecule has 29 heavy (non-hydrogen) atoms. The van der Waals surface area contributed by atoms with Gasteiger partial charge in [-0.2, -0.15) is 5.26 Å². The maximum atomic E-state index is 10.4. The van der Waals surface area contributed by atoms with E-state index in [-0.39, 0.29) is 0 Å². The first-order valence-electron chi connectivity index (χ1n) is 10.3. The van der Waals surface area contributed by atoms with E-state index >= 15 is 0 Å². The lowest BCUT2D eigenvalue weighted by atomic mass is 9.71. The van der Waals surface area contributed by atoms with Gasteiger partial charge in [0.1, 0.15) is 5.41 Å². The third-order valence-electron chi connectivity index (χ3n) is 5.85. The predicted molar refractivity (Wildman–Crippen MR) is 118 cm³/mol. The van der Waals surface area contributed by atoms with Gasteiger partial charge in [0.25, 0.3) is 0 Å². The van der Waals surface area contributed by atoms with E-state index in [2.05, 4.69) is 71.6 Å². The summed E-state index contributed by atoms with van der Waals surface area (Å²) in [5, 5.41) is 10.4. The lowest BCUT2D eigenvalue weighted by Gasteiger charge is -2.32. The van der Waals surface area contributed by atoms with Gasteiger partial charge in [0, 0.05) is 19.6 Å². The maximum absolute atomic E-state index is 10.4. The summed E-state index contributed by atoms with van der Waals surface area (Å²) in [6, 6.07) is 33.8. The fourth-order valence-electron chi connectivity index (χ4n) is 4.22. The summed E-state index contributed by atoms with van der Waals surface area (Å²) < 4.78 is 0. The molecule has 0 saturated heterocycles. The molecule has 144 valence electrons. The second kappa shape index (κ2) is 8.90. The summed E-state index contributed by atoms with van der Waals surface area (Å²) >= 11 is 0. The van der Waals surface area contributed by atoms with Crippen LogP contribution in [-0.2, 0) is 12.0 Å². The zero-order valence-corrected chi connectivity index (χ0v) is 16.7. The Morgan fingerprint density at radius 1 is 0.793 bits per heavy atom. The van der Waals surface area contributed by atoms with E-state index in [1.165, 1.54) is 11.1 Å². The Bertz CT molecular complexity index is 945. The zero-order chi connectivity index (χ0) is 19.9. The molecule has 0 aliphatic carbocycles. The Morgan fingerprint density at radius 2 is 1.34 bits per heavy atom. The molecule has 0 amide bonds. The molecule has 0 bridgehead atoms. The van der Waals surface area contributed by atoms with Crippen molar-refractivity contribution in [2.45, 2.75) is 24.8 Å². The van der Waals surface area contributed by atoms with Crippen LogP contribution in [-0.4, -0.2) is 18.0 Å². The fourth-order valence-corrected chi connectivity index (χ4v) is 4.22. The highest BCUT2D eigenvalue weighted by atomic mass is 15.1. The summed E-state index contributed by atoms with van der Waals surface area (Å²) in [6.07, 6.45) is 4.09. The number of nitriles is 1. The van der Waals surface area contributed by atoms with Gasteiger partial charge in [0.2, 0.25) is 0 Å². The van der Waals surface area contributed by atoms with Crippen molar-refractivity contribution in [1.82, 2.24) is 4.90 Å². The summed E-state index contributed by atoms with van der Waals surface area (Å²) in [5.74, 6) is 0. The van der Waals surface area contributed by atoms with Gasteiger partial charge in [-0.25, -0.2) is 0 Å². The first-order chi connectivity index (χ1) is 14.3. The summed E-state index contributed by atoms with van der Waals surface area (Å²) in [6.45, 7) is 2.95. The second-order valence-corrected chi connectivity index (χ2v) is 7.76. The number of benzene rings is 3. The monoisotopic (exact) mass is 378 g/mol. The number of hydrogen-bond donors (Lipinski definition) is 0. The van der Waals surface area contributed by atoms with Crippen LogP contribution in [0.25, 0.3) is 0 Å². The van der Waals surface area contributed by atoms with Gasteiger partial charge in [-0.05, 0) is 29.5 Å². The third-order valence-corrected chi connectivity index (χ3v) is 5.85. The normalized spacial score (nSPS) is 14.8. The molecule has 0 saturated carbocycles. The topological polar surface area (TPSA) is 27.0 Å². The van der Waals surface area contributed by atoms with Crippen molar-refractivity contribution in [3.05, 3.63) is 119 Å². The molecule has 2 nitrogen and oxygen atoms in total. The van der Waals surface area contributed by atoms with Crippen LogP contribution >= 0.6 is 0 Å². The molecule has 2 heteroatoms. The highest BCUT2D eigenvalue weighted by Gasteiger charge is 2.35. The van der Waals surface area contributed by atoms with Gasteiger partial charge in [0.05, 0.1) is 6.07 Å². The molecule has 1 aliphatic heterocycles. The second-order valence-electron chi connectivity index (χ2n) is 7.76. The highest BCUT2D eigenvalue weighted by Crippen LogP contribution is 2.39. The Balaban J connectivity index is 1.57. The van der Waals surface area contributed by atoms with Crippen molar-refractivity contribution < 1.29 is 0 Å². The molecule has 0 atom stereocenters. The predicted octanol–water partition coefficient (Wildman–Crippen LogP) is 5.72. The van der Waals surface area contributed by atoms with Crippen molar-refractivity contribution in [1.29, 1.82) is 5.26 Å². The van der Waals surface area contributed by atoms with Crippen LogP contribution in [0.3, 0.4) is 0 Å². The van der Waals surface area contributed by atoms with Crippen LogP contribution in [0.4, 0.5) is 0 Å². The zero-order valence-electron chi connectivity index (χ0n) is 16.7. The molecule has 0 spiro atoms. The van der Waals surface area contributed by atoms with Crippen molar-refractivity contribution in [2.24, 2.45) is 0 Å². The molecule has 4 rings (SSSR count). The van der Waals surface area contributed by atoms with Gasteiger partial charge in [0.15, 0.2) is 0 Å². The van der Waals surface area contributed by atoms with Crippen LogP contribution in [0.5, 0.6) is 0 Å². The van der Waals surface area contributed by atoms with Crippen molar-refractivity contribution in [3.8, 4) is 6.07 Å². The van der Waals surface area contributed by atoms with Crippen LogP contribution in [0, 0.1) is 11.3 Å². The van der Waals surface area contributed by atoms with Gasteiger partial charge in [-0.15, -0.1) is 0 Å². The van der Waals surface area contributed by atoms with Crippen molar-refractivity contribution in [3.63, 3.8) is 0 Å². The Hall–Kier alpha value is -3.15. The minimum atomic E-state index is -0.643. The molecule has 0 aromatic heterocycles. The molecule has 1 aliphatic rings. The lowest BCUT2D eigenvalue weighted by Crippen LogP contribution is -2.32. The standard InChI is InChI=1S/C27H26N2/c28-22-27(25-12-6-2-7-13-25,26-14-8-3-9-15-26)20-23-16-18-29(19-17-23)21-24-10-4-1-5-11-24/h1-16H,17-21H2. The molecule has 3 aromatic rings. The Morgan fingerprint density at radius 3 is 1.83 bits per heavy atom. The lowest BCUT2D eigenvalue weighted by molar-refractivity contribution is 0.282. The third kappa shape index (κ3) is 4.31. The number of hydrogen-bond acceptors (Lipinski definition) is 2. The molecule has 3 aromatic carbocycles. The number of nitrogens with zero attached hydrogens (tertiary/aromatic N) is 2. The summed E-state index contributed by atoms with van der Waals surface area (Å²) in [4.78, 5) is 2.47. The van der Waals surface area contributed by atoms with E-state index in [9.17, 15) is 5.26 Å². The van der Waals surface area contributed by atoms with E-state index in [0.29, 0.717) is 0 Å². The quantitative estimate of drug-likeness (QED) is 0.513. The SMILES string of the molecule is N#CC(CC1=CCN(Cc2ccccc2)CC1)(c1ccccc1)c1ccccc1. The average molecular weight is 379 g/mol. The maximum Gasteiger partial charge on any atom is 0.111 e.